The van der Waals surface area contributed by atoms with E-state index >= 15 is 0 Å². The topological polar surface area (TPSA) is 55.8 Å². The van der Waals surface area contributed by atoms with Crippen LogP contribution in [0.5, 0.6) is 0 Å². The van der Waals surface area contributed by atoms with Crippen LogP contribution < -0.4 is 0 Å². The molecule has 2 unspecified atom stereocenters. The molecule has 5 heteroatoms. The number of carbonyl (C=O) groups excluding carboxylic acids is 2. The quantitative estimate of drug-likeness (QED) is 0.787. The Morgan fingerprint density at radius 1 is 1.30 bits per heavy atom. The van der Waals surface area contributed by atoms with Gasteiger partial charge in [0.15, 0.2) is 11.6 Å². The molecular weight excluding hydrogens is 294 g/mol. The predicted molar refractivity (Wildman–Crippen MR) is 81.1 cm³/mol. The van der Waals surface area contributed by atoms with Crippen LogP contribution in [0.15, 0.2) is 30.5 Å². The van der Waals surface area contributed by atoms with Gasteiger partial charge < -0.3 is 14.4 Å². The number of carbonyl (C=O) groups is 2. The van der Waals surface area contributed by atoms with Gasteiger partial charge in [0.2, 0.25) is 6.29 Å². The number of Topliss-reactive ketones (excluding diaryl/α,β-unsaturated/α-hetero) is 2. The molecule has 3 fully saturated rings. The van der Waals surface area contributed by atoms with Crippen molar-refractivity contribution < 1.29 is 19.1 Å². The summed E-state index contributed by atoms with van der Waals surface area (Å²) in [6.45, 7) is 2.00. The smallest absolute Gasteiger partial charge is 0.218 e. The van der Waals surface area contributed by atoms with Crippen LogP contribution in [0.3, 0.4) is 0 Å². The Labute approximate surface area is 133 Å². The largest absolute Gasteiger partial charge is 0.359 e. The van der Waals surface area contributed by atoms with Crippen molar-refractivity contribution in [3.63, 3.8) is 0 Å². The molecule has 4 aliphatic rings. The fourth-order valence-electron chi connectivity index (χ4n) is 4.79. The van der Waals surface area contributed by atoms with Crippen molar-refractivity contribution >= 4 is 17.6 Å². The van der Waals surface area contributed by atoms with Crippen LogP contribution in [-0.4, -0.2) is 41.5 Å². The number of hydrogen-bond acceptors (Lipinski definition) is 5. The molecule has 6 atom stereocenters. The fourth-order valence-corrected chi connectivity index (χ4v) is 4.79. The average Bonchev–Trinajstić information content (AvgIpc) is 3.13. The molecule has 0 spiro atoms. The number of hydrogen-bond donors (Lipinski definition) is 0. The number of benzene rings is 1. The summed E-state index contributed by atoms with van der Waals surface area (Å²) in [4.78, 5) is 27.3. The second-order valence-electron chi connectivity index (χ2n) is 6.74. The number of fused-ring (bicyclic) bond motifs is 8. The fraction of sp³-hybridized carbons (Fsp3) is 0.444. The maximum absolute atomic E-state index is 12.9. The highest BCUT2D eigenvalue weighted by Gasteiger charge is 2.63. The zero-order valence-electron chi connectivity index (χ0n) is 12.7. The molecule has 3 saturated heterocycles. The molecule has 2 bridgehead atoms. The van der Waals surface area contributed by atoms with Crippen LogP contribution in [0.4, 0.5) is 0 Å². The summed E-state index contributed by atoms with van der Waals surface area (Å²) < 4.78 is 11.2. The van der Waals surface area contributed by atoms with E-state index in [0.717, 1.165) is 11.1 Å². The molecule has 118 valence electrons. The van der Waals surface area contributed by atoms with Crippen molar-refractivity contribution in [1.29, 1.82) is 0 Å². The molecule has 5 nitrogen and oxygen atoms in total. The van der Waals surface area contributed by atoms with E-state index in [1.807, 2.05) is 30.5 Å². The molecule has 0 aliphatic carbocycles. The monoisotopic (exact) mass is 311 g/mol. The van der Waals surface area contributed by atoms with Crippen LogP contribution in [-0.2, 0) is 19.1 Å². The lowest BCUT2D eigenvalue weighted by Crippen LogP contribution is -2.47. The van der Waals surface area contributed by atoms with Crippen molar-refractivity contribution in [2.45, 2.75) is 31.4 Å². The molecule has 1 aromatic rings. The maximum atomic E-state index is 12.9. The predicted octanol–water partition coefficient (Wildman–Crippen LogP) is 1.54. The molecule has 4 heterocycles. The summed E-state index contributed by atoms with van der Waals surface area (Å²) >= 11 is 0. The van der Waals surface area contributed by atoms with Gasteiger partial charge in [0.05, 0.1) is 30.7 Å². The summed E-state index contributed by atoms with van der Waals surface area (Å²) in [5, 5.41) is 0. The van der Waals surface area contributed by atoms with Gasteiger partial charge in [-0.1, -0.05) is 24.3 Å². The van der Waals surface area contributed by atoms with Crippen LogP contribution in [0.1, 0.15) is 24.1 Å². The van der Waals surface area contributed by atoms with Gasteiger partial charge in [-0.05, 0) is 24.1 Å². The second-order valence-corrected chi connectivity index (χ2v) is 6.74. The van der Waals surface area contributed by atoms with E-state index in [1.165, 1.54) is 0 Å². The molecule has 4 aliphatic heterocycles. The van der Waals surface area contributed by atoms with Gasteiger partial charge in [-0.3, -0.25) is 9.59 Å². The summed E-state index contributed by atoms with van der Waals surface area (Å²) in [7, 11) is 0. The highest BCUT2D eigenvalue weighted by Crippen LogP contribution is 2.54. The Morgan fingerprint density at radius 3 is 2.96 bits per heavy atom. The van der Waals surface area contributed by atoms with E-state index in [-0.39, 0.29) is 41.6 Å². The molecule has 23 heavy (non-hydrogen) atoms. The van der Waals surface area contributed by atoms with Gasteiger partial charge in [0.1, 0.15) is 0 Å². The first-order valence-corrected chi connectivity index (χ1v) is 8.02. The molecule has 1 aromatic carbocycles. The molecule has 0 radical (unpaired) electrons. The number of ether oxygens (including phenoxy) is 2. The lowest BCUT2D eigenvalue weighted by atomic mass is 9.76. The number of nitrogens with zero attached hydrogens (tertiary/aromatic N) is 1. The third-order valence-corrected chi connectivity index (χ3v) is 5.62. The summed E-state index contributed by atoms with van der Waals surface area (Å²) in [5.74, 6) is -0.332. The minimum absolute atomic E-state index is 0.0207. The van der Waals surface area contributed by atoms with E-state index in [2.05, 4.69) is 11.0 Å². The standard InChI is InChI=1S/C18H17NO4/c1-9(20)15-13-12-8-22-18(23-12)17(21)14(13)16-11-5-3-2-4-10(11)6-7-19(15)16/h2-7,12-16,18H,8H2,1H3/t12?,13-,14-,15+,16+,18?/m0/s1. The van der Waals surface area contributed by atoms with Gasteiger partial charge in [-0.25, -0.2) is 0 Å². The molecule has 0 aromatic heterocycles. The highest BCUT2D eigenvalue weighted by molar-refractivity contribution is 5.91. The van der Waals surface area contributed by atoms with Crippen LogP contribution in [0, 0.1) is 11.8 Å². The average molecular weight is 311 g/mol. The molecular formula is C18H17NO4. The normalized spacial score (nSPS) is 39.9. The third-order valence-electron chi connectivity index (χ3n) is 5.62. The Balaban J connectivity index is 1.70. The zero-order valence-corrected chi connectivity index (χ0v) is 12.7. The maximum Gasteiger partial charge on any atom is 0.218 e. The van der Waals surface area contributed by atoms with Crippen molar-refractivity contribution in [1.82, 2.24) is 4.90 Å². The first-order valence-electron chi connectivity index (χ1n) is 8.02. The third kappa shape index (κ3) is 1.64. The van der Waals surface area contributed by atoms with Crippen molar-refractivity contribution in [3.05, 3.63) is 41.6 Å². The van der Waals surface area contributed by atoms with Crippen molar-refractivity contribution in [2.75, 3.05) is 6.61 Å². The first kappa shape index (κ1) is 13.5. The lowest BCUT2D eigenvalue weighted by Gasteiger charge is -2.34. The minimum Gasteiger partial charge on any atom is -0.359 e. The van der Waals surface area contributed by atoms with E-state index in [0.29, 0.717) is 6.61 Å². The van der Waals surface area contributed by atoms with Gasteiger partial charge in [0.25, 0.3) is 0 Å². The molecule has 0 amide bonds. The Kier molecular flexibility index (Phi) is 2.65. The summed E-state index contributed by atoms with van der Waals surface area (Å²) in [5.41, 5.74) is 2.23. The van der Waals surface area contributed by atoms with E-state index < -0.39 is 6.29 Å². The highest BCUT2D eigenvalue weighted by atomic mass is 16.7. The Hall–Kier alpha value is -1.98. The minimum atomic E-state index is -0.758. The Bertz CT molecular complexity index is 742. The first-order chi connectivity index (χ1) is 11.2. The van der Waals surface area contributed by atoms with Crippen LogP contribution in [0.25, 0.3) is 6.08 Å². The van der Waals surface area contributed by atoms with Gasteiger partial charge in [-0.15, -0.1) is 0 Å². The second kappa shape index (κ2) is 4.52. The number of rotatable bonds is 1. The SMILES string of the molecule is CC(=O)[C@@H]1[C@H]2C3COC(O3)C(=O)[C@@H]2[C@H]2c3ccccc3C=CN12. The van der Waals surface area contributed by atoms with Crippen molar-refractivity contribution in [2.24, 2.45) is 11.8 Å². The number of ketones is 2. The van der Waals surface area contributed by atoms with Gasteiger partial charge >= 0.3 is 0 Å². The molecule has 0 N–H and O–H groups in total. The van der Waals surface area contributed by atoms with Gasteiger partial charge in [0, 0.05) is 12.1 Å². The van der Waals surface area contributed by atoms with E-state index in [9.17, 15) is 9.59 Å². The van der Waals surface area contributed by atoms with Crippen molar-refractivity contribution in [3.8, 4) is 0 Å². The van der Waals surface area contributed by atoms with E-state index in [4.69, 9.17) is 9.47 Å². The van der Waals surface area contributed by atoms with Gasteiger partial charge in [-0.2, -0.15) is 0 Å². The molecule has 0 saturated carbocycles. The summed E-state index contributed by atoms with van der Waals surface area (Å²) in [6, 6.07) is 7.66. The lowest BCUT2D eigenvalue weighted by molar-refractivity contribution is -0.165. The molecule has 5 rings (SSSR count). The summed E-state index contributed by atoms with van der Waals surface area (Å²) in [6.07, 6.45) is 3.06. The zero-order chi connectivity index (χ0) is 15.7. The Morgan fingerprint density at radius 2 is 2.13 bits per heavy atom. The van der Waals surface area contributed by atoms with Crippen LogP contribution >= 0.6 is 0 Å². The van der Waals surface area contributed by atoms with E-state index in [1.54, 1.807) is 6.92 Å². The van der Waals surface area contributed by atoms with Crippen LogP contribution in [0.2, 0.25) is 0 Å².